The number of carbonyl (C=O) groups excluding carboxylic acids is 1. The molecule has 0 aromatic rings. The molecule has 110 valence electrons. The highest BCUT2D eigenvalue weighted by Crippen LogP contribution is 2.35. The van der Waals surface area contributed by atoms with E-state index in [2.05, 4.69) is 19.2 Å². The van der Waals surface area contributed by atoms with E-state index in [4.69, 9.17) is 4.74 Å². The van der Waals surface area contributed by atoms with Crippen LogP contribution in [0.2, 0.25) is 0 Å². The van der Waals surface area contributed by atoms with Gasteiger partial charge in [0, 0.05) is 19.1 Å². The lowest BCUT2D eigenvalue weighted by Gasteiger charge is -2.38. The first-order valence-corrected chi connectivity index (χ1v) is 7.60. The molecule has 1 heterocycles. The van der Waals surface area contributed by atoms with Crippen molar-refractivity contribution >= 4 is 5.91 Å². The van der Waals surface area contributed by atoms with Gasteiger partial charge in [0.05, 0.1) is 19.3 Å². The molecule has 2 aliphatic rings. The van der Waals surface area contributed by atoms with E-state index in [1.807, 2.05) is 11.8 Å². The van der Waals surface area contributed by atoms with Crippen LogP contribution in [0.5, 0.6) is 0 Å². The third kappa shape index (κ3) is 4.18. The Hall–Kier alpha value is -0.610. The highest BCUT2D eigenvalue weighted by Gasteiger charge is 2.30. The third-order valence-electron chi connectivity index (χ3n) is 4.38. The second-order valence-corrected chi connectivity index (χ2v) is 6.78. The van der Waals surface area contributed by atoms with Crippen molar-refractivity contribution < 1.29 is 9.53 Å². The van der Waals surface area contributed by atoms with Crippen molar-refractivity contribution in [3.8, 4) is 0 Å². The van der Waals surface area contributed by atoms with Crippen molar-refractivity contribution in [2.75, 3.05) is 26.3 Å². The van der Waals surface area contributed by atoms with Gasteiger partial charge in [0.2, 0.25) is 5.91 Å². The summed E-state index contributed by atoms with van der Waals surface area (Å²) < 4.78 is 5.29. The first kappa shape index (κ1) is 14.8. The van der Waals surface area contributed by atoms with Crippen molar-refractivity contribution in [1.29, 1.82) is 0 Å². The van der Waals surface area contributed by atoms with Gasteiger partial charge in [-0.3, -0.25) is 4.79 Å². The van der Waals surface area contributed by atoms with Crippen LogP contribution >= 0.6 is 0 Å². The number of morpholine rings is 1. The van der Waals surface area contributed by atoms with E-state index in [1.54, 1.807) is 0 Å². The van der Waals surface area contributed by atoms with E-state index in [-0.39, 0.29) is 11.9 Å². The Balaban J connectivity index is 1.82. The zero-order valence-corrected chi connectivity index (χ0v) is 12.6. The van der Waals surface area contributed by atoms with E-state index < -0.39 is 0 Å². The van der Waals surface area contributed by atoms with Gasteiger partial charge in [0.25, 0.3) is 0 Å². The van der Waals surface area contributed by atoms with Gasteiger partial charge in [0.15, 0.2) is 0 Å². The molecule has 4 nitrogen and oxygen atoms in total. The summed E-state index contributed by atoms with van der Waals surface area (Å²) in [4.78, 5) is 14.3. The van der Waals surface area contributed by atoms with E-state index in [1.165, 1.54) is 25.7 Å². The van der Waals surface area contributed by atoms with Crippen molar-refractivity contribution in [2.24, 2.45) is 5.41 Å². The summed E-state index contributed by atoms with van der Waals surface area (Å²) in [6.07, 6.45) is 4.94. The molecule has 1 saturated heterocycles. The quantitative estimate of drug-likeness (QED) is 0.848. The molecule has 0 bridgehead atoms. The Bertz CT molecular complexity index is 311. The lowest BCUT2D eigenvalue weighted by molar-refractivity contribution is -0.137. The van der Waals surface area contributed by atoms with Gasteiger partial charge in [-0.15, -0.1) is 0 Å². The van der Waals surface area contributed by atoms with Gasteiger partial charge in [-0.2, -0.15) is 0 Å². The Morgan fingerprint density at radius 3 is 2.68 bits per heavy atom. The van der Waals surface area contributed by atoms with Crippen LogP contribution in [0.1, 0.15) is 46.5 Å². The van der Waals surface area contributed by atoms with Crippen molar-refractivity contribution in [3.05, 3.63) is 0 Å². The lowest BCUT2D eigenvalue weighted by Crippen LogP contribution is -2.52. The standard InChI is InChI=1S/C15H28N2O2/c1-12(14(18)17-7-9-19-10-8-17)16-13-5-4-6-15(2,3)11-13/h12-13,16H,4-11H2,1-3H3. The fourth-order valence-corrected chi connectivity index (χ4v) is 3.32. The van der Waals surface area contributed by atoms with E-state index in [0.29, 0.717) is 24.7 Å². The summed E-state index contributed by atoms with van der Waals surface area (Å²) in [5.41, 5.74) is 0.414. The lowest BCUT2D eigenvalue weighted by atomic mass is 9.75. The zero-order chi connectivity index (χ0) is 13.9. The third-order valence-corrected chi connectivity index (χ3v) is 4.38. The number of hydrogen-bond donors (Lipinski definition) is 1. The van der Waals surface area contributed by atoms with Crippen LogP contribution in [0.25, 0.3) is 0 Å². The normalized spacial score (nSPS) is 29.0. The second kappa shape index (κ2) is 6.23. The molecule has 1 amide bonds. The van der Waals surface area contributed by atoms with Crippen LogP contribution < -0.4 is 5.32 Å². The maximum absolute atomic E-state index is 12.3. The molecule has 0 aromatic carbocycles. The summed E-state index contributed by atoms with van der Waals surface area (Å²) in [6.45, 7) is 9.48. The molecule has 1 aliphatic carbocycles. The monoisotopic (exact) mass is 268 g/mol. The van der Waals surface area contributed by atoms with Crippen LogP contribution in [0.15, 0.2) is 0 Å². The molecule has 2 unspecified atom stereocenters. The molecule has 0 radical (unpaired) electrons. The predicted octanol–water partition coefficient (Wildman–Crippen LogP) is 1.79. The molecule has 0 aromatic heterocycles. The van der Waals surface area contributed by atoms with Crippen LogP contribution in [-0.4, -0.2) is 49.2 Å². The number of rotatable bonds is 3. The molecule has 4 heteroatoms. The van der Waals surface area contributed by atoms with Gasteiger partial charge < -0.3 is 15.0 Å². The first-order chi connectivity index (χ1) is 8.98. The minimum atomic E-state index is -0.0722. The second-order valence-electron chi connectivity index (χ2n) is 6.78. The largest absolute Gasteiger partial charge is 0.378 e. The summed E-state index contributed by atoms with van der Waals surface area (Å²) >= 11 is 0. The minimum Gasteiger partial charge on any atom is -0.378 e. The fourth-order valence-electron chi connectivity index (χ4n) is 3.32. The predicted molar refractivity (Wildman–Crippen MR) is 76.0 cm³/mol. The zero-order valence-electron chi connectivity index (χ0n) is 12.6. The maximum Gasteiger partial charge on any atom is 0.239 e. The molecule has 2 rings (SSSR count). The smallest absolute Gasteiger partial charge is 0.239 e. The molecule has 19 heavy (non-hydrogen) atoms. The molecular weight excluding hydrogens is 240 g/mol. The molecule has 2 atom stereocenters. The van der Waals surface area contributed by atoms with Gasteiger partial charge in [0.1, 0.15) is 0 Å². The molecule has 2 fully saturated rings. The molecule has 1 saturated carbocycles. The van der Waals surface area contributed by atoms with Crippen LogP contribution in [0.3, 0.4) is 0 Å². The van der Waals surface area contributed by atoms with Gasteiger partial charge >= 0.3 is 0 Å². The number of ether oxygens (including phenoxy) is 1. The number of nitrogens with one attached hydrogen (secondary N) is 1. The van der Waals surface area contributed by atoms with Gasteiger partial charge in [-0.05, 0) is 31.6 Å². The average Bonchev–Trinajstić information content (AvgIpc) is 2.37. The average molecular weight is 268 g/mol. The van der Waals surface area contributed by atoms with Crippen molar-refractivity contribution in [3.63, 3.8) is 0 Å². The van der Waals surface area contributed by atoms with Crippen molar-refractivity contribution in [2.45, 2.75) is 58.5 Å². The first-order valence-electron chi connectivity index (χ1n) is 7.60. The molecule has 1 aliphatic heterocycles. The molecule has 0 spiro atoms. The number of nitrogens with zero attached hydrogens (tertiary/aromatic N) is 1. The Labute approximate surface area is 116 Å². The summed E-state index contributed by atoms with van der Waals surface area (Å²) in [7, 11) is 0. The topological polar surface area (TPSA) is 41.6 Å². The highest BCUT2D eigenvalue weighted by atomic mass is 16.5. The fraction of sp³-hybridized carbons (Fsp3) is 0.933. The number of carbonyl (C=O) groups is 1. The van der Waals surface area contributed by atoms with E-state index in [9.17, 15) is 4.79 Å². The number of amides is 1. The summed E-state index contributed by atoms with van der Waals surface area (Å²) in [5, 5.41) is 3.54. The minimum absolute atomic E-state index is 0.0722. The van der Waals surface area contributed by atoms with Crippen LogP contribution in [0, 0.1) is 5.41 Å². The SMILES string of the molecule is CC(NC1CCCC(C)(C)C1)C(=O)N1CCOCC1. The maximum atomic E-state index is 12.3. The van der Waals surface area contributed by atoms with E-state index in [0.717, 1.165) is 13.1 Å². The van der Waals surface area contributed by atoms with Crippen LogP contribution in [0.4, 0.5) is 0 Å². The van der Waals surface area contributed by atoms with Crippen molar-refractivity contribution in [1.82, 2.24) is 10.2 Å². The Kier molecular flexibility index (Phi) is 4.85. The van der Waals surface area contributed by atoms with Crippen LogP contribution in [-0.2, 0) is 9.53 Å². The molecular formula is C15H28N2O2. The molecule has 1 N–H and O–H groups in total. The Morgan fingerprint density at radius 1 is 1.37 bits per heavy atom. The summed E-state index contributed by atoms with van der Waals surface area (Å²) in [5.74, 6) is 0.228. The number of hydrogen-bond acceptors (Lipinski definition) is 3. The highest BCUT2D eigenvalue weighted by molar-refractivity contribution is 5.81. The summed E-state index contributed by atoms with van der Waals surface area (Å²) in [6, 6.07) is 0.417. The van der Waals surface area contributed by atoms with E-state index >= 15 is 0 Å². The Morgan fingerprint density at radius 2 is 2.05 bits per heavy atom. The van der Waals surface area contributed by atoms with Gasteiger partial charge in [-0.25, -0.2) is 0 Å². The van der Waals surface area contributed by atoms with Gasteiger partial charge in [-0.1, -0.05) is 20.3 Å².